The molecule has 0 aromatic rings. The van der Waals surface area contributed by atoms with Crippen LogP contribution in [0.25, 0.3) is 0 Å². The molecule has 9 nitrogen and oxygen atoms in total. The molecule has 114 valence electrons. The fraction of sp³-hybridized carbons (Fsp3) is 0.545. The lowest BCUT2D eigenvalue weighted by Gasteiger charge is -2.25. The summed E-state index contributed by atoms with van der Waals surface area (Å²) in [4.78, 5) is 51.8. The molecule has 0 aliphatic carbocycles. The van der Waals surface area contributed by atoms with Gasteiger partial charge >= 0.3 is 23.9 Å². The summed E-state index contributed by atoms with van der Waals surface area (Å²) in [7, 11) is 0. The highest BCUT2D eigenvalue weighted by molar-refractivity contribution is 5.90. The summed E-state index contributed by atoms with van der Waals surface area (Å²) in [6, 6.07) is 0. The van der Waals surface area contributed by atoms with Gasteiger partial charge in [-0.05, 0) is 13.8 Å². The minimum atomic E-state index is -2.57. The van der Waals surface area contributed by atoms with Crippen molar-refractivity contribution in [2.45, 2.75) is 39.2 Å². The van der Waals surface area contributed by atoms with E-state index in [0.717, 1.165) is 6.92 Å². The molecule has 9 heteroatoms. The smallest absolute Gasteiger partial charge is 0.349 e. The second-order valence-electron chi connectivity index (χ2n) is 3.94. The SMILES string of the molecule is CC(=O)OC(CC(=O)O)(CC(=O)O)C(=O)O.CC(C)=O. The molecule has 0 amide bonds. The second-order valence-corrected chi connectivity index (χ2v) is 3.94. The summed E-state index contributed by atoms with van der Waals surface area (Å²) in [6.07, 6.45) is -2.23. The molecule has 0 aliphatic rings. The third kappa shape index (κ3) is 9.57. The van der Waals surface area contributed by atoms with Crippen LogP contribution in [0.1, 0.15) is 33.6 Å². The Kier molecular flexibility index (Phi) is 8.57. The fourth-order valence-corrected chi connectivity index (χ4v) is 1.09. The fourth-order valence-electron chi connectivity index (χ4n) is 1.09. The molecule has 0 bridgehead atoms. The maximum absolute atomic E-state index is 10.8. The number of carbonyl (C=O) groups is 5. The van der Waals surface area contributed by atoms with Gasteiger partial charge in [0.05, 0.1) is 12.8 Å². The van der Waals surface area contributed by atoms with Crippen molar-refractivity contribution in [1.82, 2.24) is 0 Å². The number of ether oxygens (including phenoxy) is 1. The maximum atomic E-state index is 10.8. The van der Waals surface area contributed by atoms with Crippen molar-refractivity contribution in [1.29, 1.82) is 0 Å². The van der Waals surface area contributed by atoms with Crippen molar-refractivity contribution in [2.24, 2.45) is 0 Å². The van der Waals surface area contributed by atoms with Crippen LogP contribution in [-0.4, -0.2) is 50.6 Å². The van der Waals surface area contributed by atoms with E-state index in [1.165, 1.54) is 13.8 Å². The zero-order chi connectivity index (χ0) is 16.5. The van der Waals surface area contributed by atoms with Gasteiger partial charge in [-0.2, -0.15) is 0 Å². The minimum Gasteiger partial charge on any atom is -0.481 e. The molecular weight excluding hydrogens is 276 g/mol. The molecule has 0 radical (unpaired) electrons. The van der Waals surface area contributed by atoms with E-state index in [2.05, 4.69) is 4.74 Å². The van der Waals surface area contributed by atoms with Gasteiger partial charge in [-0.25, -0.2) is 4.79 Å². The normalized spacial score (nSPS) is 9.75. The highest BCUT2D eigenvalue weighted by atomic mass is 16.6. The summed E-state index contributed by atoms with van der Waals surface area (Å²) in [6.45, 7) is 3.92. The molecular formula is C11H16O9. The summed E-state index contributed by atoms with van der Waals surface area (Å²) >= 11 is 0. The van der Waals surface area contributed by atoms with Crippen LogP contribution < -0.4 is 0 Å². The lowest BCUT2D eigenvalue weighted by atomic mass is 9.95. The molecule has 0 atom stereocenters. The number of esters is 1. The van der Waals surface area contributed by atoms with Crippen LogP contribution in [0.5, 0.6) is 0 Å². The van der Waals surface area contributed by atoms with E-state index in [0.29, 0.717) is 0 Å². The van der Waals surface area contributed by atoms with Gasteiger partial charge in [-0.15, -0.1) is 0 Å². The Labute approximate surface area is 114 Å². The topological polar surface area (TPSA) is 155 Å². The lowest BCUT2D eigenvalue weighted by molar-refractivity contribution is -0.184. The van der Waals surface area contributed by atoms with Gasteiger partial charge in [-0.1, -0.05) is 0 Å². The zero-order valence-corrected chi connectivity index (χ0v) is 11.2. The molecule has 0 saturated heterocycles. The quantitative estimate of drug-likeness (QED) is 0.569. The Morgan fingerprint density at radius 2 is 1.15 bits per heavy atom. The van der Waals surface area contributed by atoms with E-state index in [-0.39, 0.29) is 5.78 Å². The van der Waals surface area contributed by atoms with Gasteiger partial charge in [0.1, 0.15) is 5.78 Å². The average Bonchev–Trinajstić information content (AvgIpc) is 2.11. The van der Waals surface area contributed by atoms with Crippen molar-refractivity contribution >= 4 is 29.7 Å². The van der Waals surface area contributed by atoms with E-state index in [4.69, 9.17) is 15.3 Å². The van der Waals surface area contributed by atoms with E-state index in [9.17, 15) is 24.0 Å². The highest BCUT2D eigenvalue weighted by Gasteiger charge is 2.46. The molecule has 0 saturated carbocycles. The zero-order valence-electron chi connectivity index (χ0n) is 11.2. The van der Waals surface area contributed by atoms with Gasteiger partial charge in [0, 0.05) is 6.92 Å². The molecule has 20 heavy (non-hydrogen) atoms. The average molecular weight is 292 g/mol. The minimum absolute atomic E-state index is 0.167. The summed E-state index contributed by atoms with van der Waals surface area (Å²) in [5.41, 5.74) is -2.57. The number of Topliss-reactive ketones (excluding diaryl/α,β-unsaturated/α-hetero) is 1. The van der Waals surface area contributed by atoms with Crippen molar-refractivity contribution in [3.8, 4) is 0 Å². The van der Waals surface area contributed by atoms with Gasteiger partial charge in [0.15, 0.2) is 0 Å². The van der Waals surface area contributed by atoms with Gasteiger partial charge in [-0.3, -0.25) is 14.4 Å². The van der Waals surface area contributed by atoms with Crippen LogP contribution in [0, 0.1) is 0 Å². The molecule has 0 unspecified atom stereocenters. The van der Waals surface area contributed by atoms with Gasteiger partial charge in [0.2, 0.25) is 5.60 Å². The van der Waals surface area contributed by atoms with Crippen molar-refractivity contribution in [3.05, 3.63) is 0 Å². The lowest BCUT2D eigenvalue weighted by Crippen LogP contribution is -2.46. The highest BCUT2D eigenvalue weighted by Crippen LogP contribution is 2.22. The summed E-state index contributed by atoms with van der Waals surface area (Å²) in [5.74, 6) is -5.87. The Hall–Kier alpha value is -2.45. The first-order chi connectivity index (χ1) is 8.92. The Balaban J connectivity index is 0. The van der Waals surface area contributed by atoms with Crippen LogP contribution in [0.2, 0.25) is 0 Å². The molecule has 0 fully saturated rings. The summed E-state index contributed by atoms with van der Waals surface area (Å²) < 4.78 is 4.32. The standard InChI is InChI=1S/C8H10O8.C3H6O/c1-4(9)16-8(7(14)15,2-5(10)11)3-6(12)13;1-3(2)4/h2-3H2,1H3,(H,10,11)(H,12,13)(H,14,15);1-2H3. The number of carboxylic acid groups (broad SMARTS) is 3. The first kappa shape index (κ1) is 19.9. The van der Waals surface area contributed by atoms with Crippen LogP contribution in [-0.2, 0) is 28.7 Å². The Morgan fingerprint density at radius 3 is 1.30 bits per heavy atom. The van der Waals surface area contributed by atoms with E-state index >= 15 is 0 Å². The second kappa shape index (κ2) is 8.62. The van der Waals surface area contributed by atoms with Crippen LogP contribution in [0.15, 0.2) is 0 Å². The number of hydrogen-bond donors (Lipinski definition) is 3. The maximum Gasteiger partial charge on any atom is 0.349 e. The van der Waals surface area contributed by atoms with Crippen LogP contribution >= 0.6 is 0 Å². The number of aliphatic carboxylic acids is 3. The molecule has 0 aromatic heterocycles. The molecule has 3 N–H and O–H groups in total. The predicted molar refractivity (Wildman–Crippen MR) is 63.0 cm³/mol. The van der Waals surface area contributed by atoms with Crippen molar-refractivity contribution in [2.75, 3.05) is 0 Å². The van der Waals surface area contributed by atoms with Crippen molar-refractivity contribution < 1.29 is 44.0 Å². The first-order valence-corrected chi connectivity index (χ1v) is 5.26. The molecule has 0 heterocycles. The van der Waals surface area contributed by atoms with Crippen LogP contribution in [0.4, 0.5) is 0 Å². The van der Waals surface area contributed by atoms with Gasteiger partial charge in [0.25, 0.3) is 0 Å². The number of carboxylic acids is 3. The monoisotopic (exact) mass is 292 g/mol. The number of carbonyl (C=O) groups excluding carboxylic acids is 2. The molecule has 0 aromatic carbocycles. The third-order valence-electron chi connectivity index (χ3n) is 1.60. The molecule has 0 spiro atoms. The predicted octanol–water partition coefficient (Wildman–Crippen LogP) is -0.0824. The van der Waals surface area contributed by atoms with Crippen LogP contribution in [0.3, 0.4) is 0 Å². The number of rotatable bonds is 6. The van der Waals surface area contributed by atoms with Gasteiger partial charge < -0.3 is 24.9 Å². The molecule has 0 aliphatic heterocycles. The molecule has 0 rings (SSSR count). The Bertz CT molecular complexity index is 365. The van der Waals surface area contributed by atoms with E-state index < -0.39 is 42.3 Å². The Morgan fingerprint density at radius 1 is 0.850 bits per heavy atom. The van der Waals surface area contributed by atoms with E-state index in [1.807, 2.05) is 0 Å². The van der Waals surface area contributed by atoms with E-state index in [1.54, 1.807) is 0 Å². The number of hydrogen-bond acceptors (Lipinski definition) is 6. The number of ketones is 1. The third-order valence-corrected chi connectivity index (χ3v) is 1.60. The van der Waals surface area contributed by atoms with Crippen molar-refractivity contribution in [3.63, 3.8) is 0 Å². The summed E-state index contributed by atoms with van der Waals surface area (Å²) in [5, 5.41) is 25.7. The largest absolute Gasteiger partial charge is 0.481 e. The first-order valence-electron chi connectivity index (χ1n) is 5.26.